The van der Waals surface area contributed by atoms with E-state index in [9.17, 15) is 4.79 Å². The Morgan fingerprint density at radius 2 is 1.96 bits per heavy atom. The van der Waals surface area contributed by atoms with Gasteiger partial charge in [0, 0.05) is 30.6 Å². The molecule has 0 saturated carbocycles. The Morgan fingerprint density at radius 3 is 2.58 bits per heavy atom. The van der Waals surface area contributed by atoms with Crippen LogP contribution in [-0.4, -0.2) is 25.7 Å². The van der Waals surface area contributed by atoms with Crippen molar-refractivity contribution >= 4 is 11.6 Å². The molecular formula is C19H21N5O2. The highest BCUT2D eigenvalue weighted by atomic mass is 16.5. The van der Waals surface area contributed by atoms with Crippen molar-refractivity contribution in [1.82, 2.24) is 19.7 Å². The molecule has 0 radical (unpaired) electrons. The molecule has 0 aliphatic carbocycles. The number of aromatic nitrogens is 4. The van der Waals surface area contributed by atoms with Crippen LogP contribution >= 0.6 is 0 Å². The van der Waals surface area contributed by atoms with E-state index in [0.717, 1.165) is 24.4 Å². The van der Waals surface area contributed by atoms with Gasteiger partial charge in [0.2, 0.25) is 11.8 Å². The second-order valence-electron chi connectivity index (χ2n) is 5.85. The molecule has 7 nitrogen and oxygen atoms in total. The number of carbonyl (C=O) groups is 1. The fraction of sp³-hybridized carbons (Fsp3) is 0.263. The lowest BCUT2D eigenvalue weighted by Crippen LogP contribution is -2.10. The minimum absolute atomic E-state index is 0.0248. The summed E-state index contributed by atoms with van der Waals surface area (Å²) in [6, 6.07) is 10.7. The van der Waals surface area contributed by atoms with Crippen molar-refractivity contribution in [1.29, 1.82) is 0 Å². The smallest absolute Gasteiger partial charge is 0.238 e. The van der Waals surface area contributed by atoms with Crippen LogP contribution in [0.2, 0.25) is 0 Å². The van der Waals surface area contributed by atoms with Gasteiger partial charge in [-0.3, -0.25) is 9.36 Å². The van der Waals surface area contributed by atoms with Crippen molar-refractivity contribution in [2.24, 2.45) is 0 Å². The number of nitrogens with zero attached hydrogens (tertiary/aromatic N) is 4. The van der Waals surface area contributed by atoms with Crippen molar-refractivity contribution in [2.45, 2.75) is 33.1 Å². The van der Waals surface area contributed by atoms with Crippen molar-refractivity contribution in [3.8, 4) is 17.4 Å². The summed E-state index contributed by atoms with van der Waals surface area (Å²) in [5, 5.41) is 11.1. The summed E-state index contributed by atoms with van der Waals surface area (Å²) in [6.07, 6.45) is 5.96. The first-order chi connectivity index (χ1) is 12.7. The average molecular weight is 351 g/mol. The predicted octanol–water partition coefficient (Wildman–Crippen LogP) is 3.89. The lowest BCUT2D eigenvalue weighted by atomic mass is 10.2. The van der Waals surface area contributed by atoms with Crippen LogP contribution in [0, 0.1) is 6.92 Å². The number of hydrogen-bond donors (Lipinski definition) is 1. The molecule has 0 unspecified atom stereocenters. The number of nitrogens with one attached hydrogen (secondary N) is 1. The first-order valence-electron chi connectivity index (χ1n) is 8.57. The van der Waals surface area contributed by atoms with Crippen LogP contribution in [0.5, 0.6) is 11.6 Å². The van der Waals surface area contributed by atoms with E-state index in [1.807, 2.05) is 23.8 Å². The maximum absolute atomic E-state index is 11.7. The molecule has 0 bridgehead atoms. The SMILES string of the molecule is CCCCC(=O)Nc1ccc(Oc2ccc(-n3ccnc3C)nn2)cc1. The van der Waals surface area contributed by atoms with Crippen LogP contribution in [0.4, 0.5) is 5.69 Å². The molecule has 0 saturated heterocycles. The third-order valence-electron chi connectivity index (χ3n) is 3.82. The Hall–Kier alpha value is -3.22. The van der Waals surface area contributed by atoms with Gasteiger partial charge in [-0.15, -0.1) is 10.2 Å². The number of rotatable bonds is 7. The van der Waals surface area contributed by atoms with E-state index in [1.54, 1.807) is 36.5 Å². The number of unbranched alkanes of at least 4 members (excludes halogenated alkanes) is 1. The molecule has 26 heavy (non-hydrogen) atoms. The summed E-state index contributed by atoms with van der Waals surface area (Å²) in [7, 11) is 0. The van der Waals surface area contributed by atoms with Gasteiger partial charge in [0.25, 0.3) is 0 Å². The number of hydrogen-bond acceptors (Lipinski definition) is 5. The standard InChI is InChI=1S/C19H21N5O2/c1-3-4-5-18(25)21-15-6-8-16(9-7-15)26-19-11-10-17(22-23-19)24-13-12-20-14(24)2/h6-13H,3-5H2,1-2H3,(H,21,25). The highest BCUT2D eigenvalue weighted by molar-refractivity contribution is 5.90. The summed E-state index contributed by atoms with van der Waals surface area (Å²) in [6.45, 7) is 3.96. The summed E-state index contributed by atoms with van der Waals surface area (Å²) in [5.41, 5.74) is 0.746. The molecular weight excluding hydrogens is 330 g/mol. The van der Waals surface area contributed by atoms with Crippen LogP contribution in [0.1, 0.15) is 32.0 Å². The van der Waals surface area contributed by atoms with Gasteiger partial charge >= 0.3 is 0 Å². The van der Waals surface area contributed by atoms with Crippen LogP contribution in [-0.2, 0) is 4.79 Å². The molecule has 1 aromatic carbocycles. The molecule has 0 spiro atoms. The molecule has 134 valence electrons. The quantitative estimate of drug-likeness (QED) is 0.698. The van der Waals surface area contributed by atoms with Gasteiger partial charge in [-0.25, -0.2) is 4.98 Å². The molecule has 1 amide bonds. The monoisotopic (exact) mass is 351 g/mol. The van der Waals surface area contributed by atoms with Crippen LogP contribution in [0.3, 0.4) is 0 Å². The van der Waals surface area contributed by atoms with Crippen LogP contribution < -0.4 is 10.1 Å². The van der Waals surface area contributed by atoms with E-state index in [0.29, 0.717) is 23.9 Å². The summed E-state index contributed by atoms with van der Waals surface area (Å²) in [4.78, 5) is 15.9. The maximum atomic E-state index is 11.7. The first-order valence-corrected chi connectivity index (χ1v) is 8.57. The zero-order valence-electron chi connectivity index (χ0n) is 14.8. The lowest BCUT2D eigenvalue weighted by Gasteiger charge is -2.08. The average Bonchev–Trinajstić information content (AvgIpc) is 3.08. The van der Waals surface area contributed by atoms with Gasteiger partial charge in [0.05, 0.1) is 0 Å². The Kier molecular flexibility index (Phi) is 5.58. The molecule has 3 aromatic rings. The number of ether oxygens (including phenoxy) is 1. The van der Waals surface area contributed by atoms with E-state index in [4.69, 9.17) is 4.74 Å². The number of carbonyl (C=O) groups excluding carboxylic acids is 1. The summed E-state index contributed by atoms with van der Waals surface area (Å²) < 4.78 is 7.53. The molecule has 0 fully saturated rings. The predicted molar refractivity (Wildman–Crippen MR) is 98.6 cm³/mol. The first kappa shape index (κ1) is 17.6. The van der Waals surface area contributed by atoms with Crippen molar-refractivity contribution in [3.63, 3.8) is 0 Å². The summed E-state index contributed by atoms with van der Waals surface area (Å²) in [5.74, 6) is 2.56. The number of anilines is 1. The van der Waals surface area contributed by atoms with Gasteiger partial charge in [-0.05, 0) is 43.7 Å². The Bertz CT molecular complexity index is 856. The van der Waals surface area contributed by atoms with Gasteiger partial charge in [-0.1, -0.05) is 13.3 Å². The van der Waals surface area contributed by atoms with Gasteiger partial charge in [-0.2, -0.15) is 0 Å². The van der Waals surface area contributed by atoms with Crippen molar-refractivity contribution < 1.29 is 9.53 Å². The van der Waals surface area contributed by atoms with Crippen LogP contribution in [0.25, 0.3) is 5.82 Å². The number of amides is 1. The molecule has 0 aliphatic rings. The van der Waals surface area contributed by atoms with Gasteiger partial charge in [0.1, 0.15) is 11.6 Å². The molecule has 1 N–H and O–H groups in total. The molecule has 7 heteroatoms. The molecule has 2 aromatic heterocycles. The van der Waals surface area contributed by atoms with Crippen molar-refractivity contribution in [3.05, 3.63) is 54.6 Å². The fourth-order valence-corrected chi connectivity index (χ4v) is 2.40. The zero-order chi connectivity index (χ0) is 18.4. The summed E-state index contributed by atoms with van der Waals surface area (Å²) >= 11 is 0. The normalized spacial score (nSPS) is 10.5. The largest absolute Gasteiger partial charge is 0.438 e. The molecule has 3 rings (SSSR count). The Labute approximate surface area is 152 Å². The zero-order valence-corrected chi connectivity index (χ0v) is 14.8. The highest BCUT2D eigenvalue weighted by Crippen LogP contribution is 2.21. The number of imidazole rings is 1. The maximum Gasteiger partial charge on any atom is 0.238 e. The fourth-order valence-electron chi connectivity index (χ4n) is 2.40. The second kappa shape index (κ2) is 8.24. The topological polar surface area (TPSA) is 81.9 Å². The Balaban J connectivity index is 1.60. The third kappa shape index (κ3) is 4.44. The number of benzene rings is 1. The molecule has 0 atom stereocenters. The minimum atomic E-state index is 0.0248. The van der Waals surface area contributed by atoms with Crippen molar-refractivity contribution in [2.75, 3.05) is 5.32 Å². The van der Waals surface area contributed by atoms with E-state index < -0.39 is 0 Å². The third-order valence-corrected chi connectivity index (χ3v) is 3.82. The lowest BCUT2D eigenvalue weighted by molar-refractivity contribution is -0.116. The van der Waals surface area contributed by atoms with Gasteiger partial charge in [0.15, 0.2) is 5.82 Å². The minimum Gasteiger partial charge on any atom is -0.438 e. The van der Waals surface area contributed by atoms with E-state index in [1.165, 1.54) is 0 Å². The van der Waals surface area contributed by atoms with Crippen LogP contribution in [0.15, 0.2) is 48.8 Å². The van der Waals surface area contributed by atoms with E-state index >= 15 is 0 Å². The molecule has 0 aliphatic heterocycles. The highest BCUT2D eigenvalue weighted by Gasteiger charge is 2.06. The number of aryl methyl sites for hydroxylation is 1. The van der Waals surface area contributed by atoms with Gasteiger partial charge < -0.3 is 10.1 Å². The second-order valence-corrected chi connectivity index (χ2v) is 5.85. The van der Waals surface area contributed by atoms with E-state index in [2.05, 4.69) is 27.4 Å². The van der Waals surface area contributed by atoms with E-state index in [-0.39, 0.29) is 5.91 Å². The Morgan fingerprint density at radius 1 is 1.15 bits per heavy atom. The molecule has 2 heterocycles.